The molecule has 0 heterocycles. The van der Waals surface area contributed by atoms with E-state index in [1.165, 1.54) is 20.8 Å². The van der Waals surface area contributed by atoms with Crippen molar-refractivity contribution in [2.45, 2.75) is 33.6 Å². The van der Waals surface area contributed by atoms with Crippen molar-refractivity contribution in [2.24, 2.45) is 0 Å². The highest BCUT2D eigenvalue weighted by atomic mass is 79.9. The minimum Gasteiger partial charge on any atom is -0.426 e. The van der Waals surface area contributed by atoms with Gasteiger partial charge in [-0.15, -0.1) is 0 Å². The van der Waals surface area contributed by atoms with Gasteiger partial charge < -0.3 is 14.2 Å². The first-order valence-corrected chi connectivity index (χ1v) is 12.4. The standard InChI is InChI=1S/C26H21Br2ClO6/c1-14(30)33-24-6-4-21(27)10-17(24)8-19-12-23(29)13-20(26(19)35-16(3)32)9-18-11-22(28)5-7-25(18)34-15(2)31/h4-7,10-13H,8-9H2,1-3H3. The van der Waals surface area contributed by atoms with Gasteiger partial charge in [0.15, 0.2) is 0 Å². The van der Waals surface area contributed by atoms with E-state index in [2.05, 4.69) is 31.9 Å². The Morgan fingerprint density at radius 1 is 0.657 bits per heavy atom. The van der Waals surface area contributed by atoms with E-state index in [1.54, 1.807) is 36.4 Å². The second-order valence-electron chi connectivity index (χ2n) is 7.69. The molecule has 0 saturated heterocycles. The summed E-state index contributed by atoms with van der Waals surface area (Å²) in [6.07, 6.45) is 0.543. The SMILES string of the molecule is CC(=O)Oc1ccc(Br)cc1Cc1cc(Cl)cc(Cc2cc(Br)ccc2OC(C)=O)c1OC(C)=O. The third-order valence-corrected chi connectivity index (χ3v) is 5.97. The highest BCUT2D eigenvalue weighted by Crippen LogP contribution is 2.36. The summed E-state index contributed by atoms with van der Waals surface area (Å²) in [5, 5.41) is 0.430. The van der Waals surface area contributed by atoms with Crippen molar-refractivity contribution in [2.75, 3.05) is 0 Å². The molecule has 0 spiro atoms. The predicted octanol–water partition coefficient (Wildman–Crippen LogP) is 6.82. The molecular formula is C26H21Br2ClO6. The Morgan fingerprint density at radius 3 is 1.43 bits per heavy atom. The molecule has 3 aromatic rings. The van der Waals surface area contributed by atoms with Gasteiger partial charge in [0.05, 0.1) is 0 Å². The van der Waals surface area contributed by atoms with Crippen LogP contribution in [0.15, 0.2) is 57.5 Å². The molecule has 0 amide bonds. The fourth-order valence-electron chi connectivity index (χ4n) is 3.54. The van der Waals surface area contributed by atoms with Crippen molar-refractivity contribution in [3.05, 3.63) is 84.8 Å². The van der Waals surface area contributed by atoms with E-state index in [4.69, 9.17) is 25.8 Å². The lowest BCUT2D eigenvalue weighted by molar-refractivity contribution is -0.132. The maximum atomic E-state index is 12.0. The second-order valence-corrected chi connectivity index (χ2v) is 9.96. The normalized spacial score (nSPS) is 10.6. The van der Waals surface area contributed by atoms with Crippen LogP contribution >= 0.6 is 43.5 Å². The number of halogens is 3. The van der Waals surface area contributed by atoms with Crippen LogP contribution in [0.3, 0.4) is 0 Å². The molecule has 0 unspecified atom stereocenters. The highest BCUT2D eigenvalue weighted by molar-refractivity contribution is 9.10. The summed E-state index contributed by atoms with van der Waals surface area (Å²) in [5.41, 5.74) is 2.63. The van der Waals surface area contributed by atoms with E-state index >= 15 is 0 Å². The van der Waals surface area contributed by atoms with Gasteiger partial charge in [-0.3, -0.25) is 14.4 Å². The Labute approximate surface area is 224 Å². The molecule has 9 heteroatoms. The molecule has 0 fully saturated rings. The summed E-state index contributed by atoms with van der Waals surface area (Å²) in [4.78, 5) is 35.2. The number of carbonyl (C=O) groups excluding carboxylic acids is 3. The van der Waals surface area contributed by atoms with Crippen LogP contribution in [0.2, 0.25) is 5.02 Å². The molecule has 0 radical (unpaired) electrons. The first-order valence-electron chi connectivity index (χ1n) is 10.4. The molecule has 0 aromatic heterocycles. The lowest BCUT2D eigenvalue weighted by Gasteiger charge is -2.18. The summed E-state index contributed by atoms with van der Waals surface area (Å²) < 4.78 is 17.9. The Morgan fingerprint density at radius 2 is 1.06 bits per heavy atom. The molecular weight excluding hydrogens is 604 g/mol. The lowest BCUT2D eigenvalue weighted by atomic mass is 9.96. The molecule has 0 N–H and O–H groups in total. The Hall–Kier alpha value is -2.68. The molecule has 0 saturated carbocycles. The van der Waals surface area contributed by atoms with E-state index in [-0.39, 0.29) is 12.8 Å². The summed E-state index contributed by atoms with van der Waals surface area (Å²) >= 11 is 13.4. The Kier molecular flexibility index (Phi) is 9.10. The quantitative estimate of drug-likeness (QED) is 0.212. The van der Waals surface area contributed by atoms with Crippen molar-refractivity contribution in [1.82, 2.24) is 0 Å². The number of ether oxygens (including phenoxy) is 3. The number of carbonyl (C=O) groups is 3. The van der Waals surface area contributed by atoms with Crippen LogP contribution < -0.4 is 14.2 Å². The molecule has 35 heavy (non-hydrogen) atoms. The maximum Gasteiger partial charge on any atom is 0.308 e. The first kappa shape index (κ1) is 26.9. The fourth-order valence-corrected chi connectivity index (χ4v) is 4.62. The molecule has 0 aliphatic rings. The van der Waals surface area contributed by atoms with Crippen molar-refractivity contribution in [3.63, 3.8) is 0 Å². The molecule has 0 aliphatic heterocycles. The van der Waals surface area contributed by atoms with Gasteiger partial charge in [-0.05, 0) is 48.5 Å². The van der Waals surface area contributed by atoms with Crippen molar-refractivity contribution >= 4 is 61.4 Å². The van der Waals surface area contributed by atoms with Crippen LogP contribution in [0.25, 0.3) is 0 Å². The van der Waals surface area contributed by atoms with Gasteiger partial charge in [0.2, 0.25) is 0 Å². The van der Waals surface area contributed by atoms with Crippen LogP contribution in [0.4, 0.5) is 0 Å². The molecule has 3 rings (SSSR count). The van der Waals surface area contributed by atoms with Crippen LogP contribution in [0.1, 0.15) is 43.0 Å². The average Bonchev–Trinajstić information content (AvgIpc) is 2.73. The monoisotopic (exact) mass is 622 g/mol. The van der Waals surface area contributed by atoms with Gasteiger partial charge in [0.1, 0.15) is 17.2 Å². The summed E-state index contributed by atoms with van der Waals surface area (Å²) in [6, 6.07) is 14.0. The molecule has 6 nitrogen and oxygen atoms in total. The smallest absolute Gasteiger partial charge is 0.308 e. The predicted molar refractivity (Wildman–Crippen MR) is 139 cm³/mol. The molecule has 0 atom stereocenters. The Bertz CT molecular complexity index is 1220. The summed E-state index contributed by atoms with van der Waals surface area (Å²) in [7, 11) is 0. The number of esters is 3. The van der Waals surface area contributed by atoms with Crippen molar-refractivity contribution in [3.8, 4) is 17.2 Å². The lowest BCUT2D eigenvalue weighted by Crippen LogP contribution is -2.10. The Balaban J connectivity index is 2.12. The van der Waals surface area contributed by atoms with Crippen LogP contribution in [-0.4, -0.2) is 17.9 Å². The topological polar surface area (TPSA) is 78.9 Å². The van der Waals surface area contributed by atoms with Gasteiger partial charge in [0, 0.05) is 69.8 Å². The first-order chi connectivity index (χ1) is 16.5. The minimum absolute atomic E-state index is 0.271. The van der Waals surface area contributed by atoms with Crippen LogP contribution in [-0.2, 0) is 27.2 Å². The second kappa shape index (κ2) is 11.8. The molecule has 0 aliphatic carbocycles. The fraction of sp³-hybridized carbons (Fsp3) is 0.192. The third-order valence-electron chi connectivity index (χ3n) is 4.77. The number of benzene rings is 3. The maximum absolute atomic E-state index is 12.0. The zero-order valence-electron chi connectivity index (χ0n) is 19.1. The van der Waals surface area contributed by atoms with Gasteiger partial charge in [-0.1, -0.05) is 43.5 Å². The number of hydrogen-bond donors (Lipinski definition) is 0. The third kappa shape index (κ3) is 7.65. The molecule has 0 bridgehead atoms. The van der Waals surface area contributed by atoms with Gasteiger partial charge in [-0.2, -0.15) is 0 Å². The van der Waals surface area contributed by atoms with Gasteiger partial charge in [-0.25, -0.2) is 0 Å². The zero-order chi connectivity index (χ0) is 25.7. The molecule has 3 aromatic carbocycles. The van der Waals surface area contributed by atoms with Crippen molar-refractivity contribution < 1.29 is 28.6 Å². The highest BCUT2D eigenvalue weighted by Gasteiger charge is 2.19. The van der Waals surface area contributed by atoms with E-state index in [0.717, 1.165) is 8.95 Å². The zero-order valence-corrected chi connectivity index (χ0v) is 23.0. The van der Waals surface area contributed by atoms with Crippen LogP contribution in [0, 0.1) is 0 Å². The van der Waals surface area contributed by atoms with E-state index in [1.807, 2.05) is 12.1 Å². The largest absolute Gasteiger partial charge is 0.426 e. The number of rotatable bonds is 7. The summed E-state index contributed by atoms with van der Waals surface area (Å²) in [5.74, 6) is -0.287. The average molecular weight is 625 g/mol. The van der Waals surface area contributed by atoms with Crippen molar-refractivity contribution in [1.29, 1.82) is 0 Å². The minimum atomic E-state index is -0.501. The number of hydrogen-bond acceptors (Lipinski definition) is 6. The molecule has 182 valence electrons. The van der Waals surface area contributed by atoms with Gasteiger partial charge >= 0.3 is 17.9 Å². The van der Waals surface area contributed by atoms with E-state index in [9.17, 15) is 14.4 Å². The summed E-state index contributed by atoms with van der Waals surface area (Å²) in [6.45, 7) is 3.97. The van der Waals surface area contributed by atoms with Gasteiger partial charge in [0.25, 0.3) is 0 Å². The van der Waals surface area contributed by atoms with Crippen LogP contribution in [0.5, 0.6) is 17.2 Å². The van der Waals surface area contributed by atoms with E-state index < -0.39 is 17.9 Å². The van der Waals surface area contributed by atoms with E-state index in [0.29, 0.717) is 44.5 Å².